The molecule has 1 saturated heterocycles. The maximum absolute atomic E-state index is 9.08. The van der Waals surface area contributed by atoms with Crippen molar-refractivity contribution in [1.82, 2.24) is 0 Å². The molecule has 1 aliphatic rings. The zero-order valence-electron chi connectivity index (χ0n) is 5.77. The molecule has 4 nitrogen and oxygen atoms in total. The van der Waals surface area contributed by atoms with Crippen LogP contribution in [0.25, 0.3) is 0 Å². The van der Waals surface area contributed by atoms with Crippen LogP contribution >= 0.6 is 0 Å². The highest BCUT2D eigenvalue weighted by atomic mass is 16.5. The second kappa shape index (κ2) is 2.84. The molecule has 0 aliphatic carbocycles. The molecular weight excluding hydrogens is 136 g/mol. The lowest BCUT2D eigenvalue weighted by molar-refractivity contribution is -0.181. The first-order valence-electron chi connectivity index (χ1n) is 3.28. The van der Waals surface area contributed by atoms with E-state index in [2.05, 4.69) is 0 Å². The molecule has 0 aromatic carbocycles. The molecule has 1 aliphatic heterocycles. The topological polar surface area (TPSA) is 69.9 Å². The van der Waals surface area contributed by atoms with Gasteiger partial charge in [-0.3, -0.25) is 0 Å². The summed E-state index contributed by atoms with van der Waals surface area (Å²) in [7, 11) is 0. The maximum atomic E-state index is 9.08. The smallest absolute Gasteiger partial charge is 0.110 e. The maximum Gasteiger partial charge on any atom is 0.110 e. The predicted octanol–water partition coefficient (Wildman–Crippen LogP) is -1.51. The minimum Gasteiger partial charge on any atom is -0.388 e. The average molecular weight is 148 g/mol. The van der Waals surface area contributed by atoms with Gasteiger partial charge in [-0.1, -0.05) is 0 Å². The number of ether oxygens (including phenoxy) is 1. The van der Waals surface area contributed by atoms with Crippen molar-refractivity contribution in [2.45, 2.75) is 31.3 Å². The molecule has 3 N–H and O–H groups in total. The van der Waals surface area contributed by atoms with Crippen LogP contribution in [0.3, 0.4) is 0 Å². The molecular formula is C6H12O4. The van der Waals surface area contributed by atoms with Crippen LogP contribution in [-0.2, 0) is 4.74 Å². The summed E-state index contributed by atoms with van der Waals surface area (Å²) in [5, 5.41) is 27.0. The Morgan fingerprint density at radius 1 is 1.20 bits per heavy atom. The Kier molecular flexibility index (Phi) is 2.25. The van der Waals surface area contributed by atoms with E-state index in [9.17, 15) is 0 Å². The summed E-state index contributed by atoms with van der Waals surface area (Å²) in [5.74, 6) is 0. The highest BCUT2D eigenvalue weighted by Gasteiger charge is 2.34. The van der Waals surface area contributed by atoms with E-state index in [1.54, 1.807) is 6.92 Å². The number of hydrogen-bond acceptors (Lipinski definition) is 4. The van der Waals surface area contributed by atoms with E-state index in [1.807, 2.05) is 0 Å². The second-order valence-electron chi connectivity index (χ2n) is 2.59. The summed E-state index contributed by atoms with van der Waals surface area (Å²) < 4.78 is 4.91. The molecule has 0 unspecified atom stereocenters. The van der Waals surface area contributed by atoms with E-state index in [-0.39, 0.29) is 6.61 Å². The monoisotopic (exact) mass is 148 g/mol. The fraction of sp³-hybridized carbons (Fsp3) is 1.00. The Balaban J connectivity index is 2.52. The number of hydrogen-bond donors (Lipinski definition) is 3. The molecule has 0 bridgehead atoms. The zero-order valence-corrected chi connectivity index (χ0v) is 5.77. The lowest BCUT2D eigenvalue weighted by Gasteiger charge is -2.33. The Hall–Kier alpha value is -0.160. The minimum atomic E-state index is -1.07. The number of aliphatic hydroxyl groups excluding tert-OH is 3. The first-order chi connectivity index (χ1) is 4.63. The first kappa shape index (κ1) is 7.94. The summed E-state index contributed by atoms with van der Waals surface area (Å²) >= 11 is 0. The van der Waals surface area contributed by atoms with Gasteiger partial charge in [0.1, 0.15) is 18.3 Å². The van der Waals surface area contributed by atoms with Crippen LogP contribution in [0.2, 0.25) is 0 Å². The van der Waals surface area contributed by atoms with Crippen LogP contribution < -0.4 is 0 Å². The fourth-order valence-corrected chi connectivity index (χ4v) is 0.953. The molecule has 0 radical (unpaired) electrons. The van der Waals surface area contributed by atoms with Crippen LogP contribution in [0.1, 0.15) is 6.92 Å². The second-order valence-corrected chi connectivity index (χ2v) is 2.59. The van der Waals surface area contributed by atoms with Gasteiger partial charge >= 0.3 is 0 Å². The van der Waals surface area contributed by atoms with Crippen LogP contribution in [0.15, 0.2) is 0 Å². The molecule has 10 heavy (non-hydrogen) atoms. The summed E-state index contributed by atoms with van der Waals surface area (Å²) in [6.07, 6.45) is -3.38. The van der Waals surface area contributed by atoms with Gasteiger partial charge in [0.25, 0.3) is 0 Å². The Morgan fingerprint density at radius 2 is 1.80 bits per heavy atom. The van der Waals surface area contributed by atoms with Crippen molar-refractivity contribution in [1.29, 1.82) is 0 Å². The van der Waals surface area contributed by atoms with Crippen LogP contribution in [0.4, 0.5) is 0 Å². The lowest BCUT2D eigenvalue weighted by Crippen LogP contribution is -2.51. The Morgan fingerprint density at radius 3 is 2.30 bits per heavy atom. The molecule has 0 aromatic rings. The third-order valence-corrected chi connectivity index (χ3v) is 1.75. The van der Waals surface area contributed by atoms with Crippen LogP contribution in [0, 0.1) is 0 Å². The molecule has 0 amide bonds. The van der Waals surface area contributed by atoms with E-state index in [0.29, 0.717) is 0 Å². The zero-order chi connectivity index (χ0) is 7.72. The van der Waals surface area contributed by atoms with Crippen molar-refractivity contribution >= 4 is 0 Å². The van der Waals surface area contributed by atoms with Gasteiger partial charge < -0.3 is 20.1 Å². The first-order valence-corrected chi connectivity index (χ1v) is 3.28. The quantitative estimate of drug-likeness (QED) is 0.390. The van der Waals surface area contributed by atoms with Gasteiger partial charge in [-0.2, -0.15) is 0 Å². The Labute approximate surface area is 59.1 Å². The van der Waals surface area contributed by atoms with E-state index in [0.717, 1.165) is 0 Å². The van der Waals surface area contributed by atoms with Gasteiger partial charge in [0.2, 0.25) is 0 Å². The van der Waals surface area contributed by atoms with E-state index >= 15 is 0 Å². The van der Waals surface area contributed by atoms with Gasteiger partial charge in [-0.15, -0.1) is 0 Å². The standard InChI is InChI=1S/C6H12O4/c1-3-5(8)6(9)4(7)2-10-3/h3-9H,2H2,1H3/t3-,4+,5+,6-/m1/s1. The Bertz CT molecular complexity index is 102. The normalized spacial score (nSPS) is 49.2. The molecule has 0 aromatic heterocycles. The van der Waals surface area contributed by atoms with Crippen molar-refractivity contribution in [2.24, 2.45) is 0 Å². The van der Waals surface area contributed by atoms with E-state index < -0.39 is 24.4 Å². The predicted molar refractivity (Wildman–Crippen MR) is 33.4 cm³/mol. The fourth-order valence-electron chi connectivity index (χ4n) is 0.953. The highest BCUT2D eigenvalue weighted by Crippen LogP contribution is 2.14. The van der Waals surface area contributed by atoms with Gasteiger partial charge in [0.15, 0.2) is 0 Å². The average Bonchev–Trinajstić information content (AvgIpc) is 1.93. The third-order valence-electron chi connectivity index (χ3n) is 1.75. The molecule has 4 atom stereocenters. The third kappa shape index (κ3) is 1.29. The summed E-state index contributed by atoms with van der Waals surface area (Å²) in [4.78, 5) is 0. The molecule has 1 heterocycles. The number of aliphatic hydroxyl groups is 3. The van der Waals surface area contributed by atoms with E-state index in [1.165, 1.54) is 0 Å². The summed E-state index contributed by atoms with van der Waals surface area (Å²) in [5.41, 5.74) is 0. The number of rotatable bonds is 0. The van der Waals surface area contributed by atoms with Crippen molar-refractivity contribution < 1.29 is 20.1 Å². The molecule has 0 saturated carbocycles. The highest BCUT2D eigenvalue weighted by molar-refractivity contribution is 4.83. The molecule has 1 rings (SSSR count). The SMILES string of the molecule is C[C@H]1OC[C@H](O)[C@@H](O)[C@H]1O. The molecule has 0 spiro atoms. The van der Waals surface area contributed by atoms with Crippen molar-refractivity contribution in [3.05, 3.63) is 0 Å². The van der Waals surface area contributed by atoms with E-state index in [4.69, 9.17) is 20.1 Å². The molecule has 60 valence electrons. The summed E-state index contributed by atoms with van der Waals surface area (Å²) in [6.45, 7) is 1.75. The van der Waals surface area contributed by atoms with Crippen molar-refractivity contribution in [3.8, 4) is 0 Å². The van der Waals surface area contributed by atoms with Gasteiger partial charge in [-0.05, 0) is 6.92 Å². The largest absolute Gasteiger partial charge is 0.388 e. The summed E-state index contributed by atoms with van der Waals surface area (Å²) in [6, 6.07) is 0. The van der Waals surface area contributed by atoms with Crippen LogP contribution in [0.5, 0.6) is 0 Å². The van der Waals surface area contributed by atoms with Gasteiger partial charge in [0.05, 0.1) is 12.7 Å². The molecule has 4 heteroatoms. The lowest BCUT2D eigenvalue weighted by atomic mass is 10.0. The van der Waals surface area contributed by atoms with Crippen LogP contribution in [-0.4, -0.2) is 46.3 Å². The van der Waals surface area contributed by atoms with Crippen molar-refractivity contribution in [3.63, 3.8) is 0 Å². The van der Waals surface area contributed by atoms with Gasteiger partial charge in [-0.25, -0.2) is 0 Å². The minimum absolute atomic E-state index is 0.0966. The molecule has 1 fully saturated rings. The van der Waals surface area contributed by atoms with Gasteiger partial charge in [0, 0.05) is 0 Å². The van der Waals surface area contributed by atoms with Crippen molar-refractivity contribution in [2.75, 3.05) is 6.61 Å².